The maximum absolute atomic E-state index is 12.7. The number of anilines is 1. The van der Waals surface area contributed by atoms with Gasteiger partial charge in [-0.2, -0.15) is 0 Å². The van der Waals surface area contributed by atoms with Gasteiger partial charge < -0.3 is 19.4 Å². The zero-order chi connectivity index (χ0) is 21.1. The third kappa shape index (κ3) is 4.20. The molecule has 0 saturated carbocycles. The van der Waals surface area contributed by atoms with E-state index in [1.165, 1.54) is 7.11 Å². The molecule has 0 aliphatic carbocycles. The summed E-state index contributed by atoms with van der Waals surface area (Å²) in [5.41, 5.74) is 1.81. The molecule has 8 nitrogen and oxygen atoms in total. The van der Waals surface area contributed by atoms with Gasteiger partial charge >= 0.3 is 11.9 Å². The molecule has 2 aromatic rings. The van der Waals surface area contributed by atoms with E-state index in [1.54, 1.807) is 13.8 Å². The first-order chi connectivity index (χ1) is 13.9. The second-order valence-electron chi connectivity index (χ2n) is 6.79. The SMILES string of the molecule is CCOC(=O)c1c(NC(=O)CN2CCn3cccc3[C@@H]2C)sc(C(=O)OC)c1C. The normalized spacial score (nSPS) is 16.2. The average molecular weight is 420 g/mol. The van der Waals surface area contributed by atoms with Crippen LogP contribution in [0.5, 0.6) is 0 Å². The summed E-state index contributed by atoms with van der Waals surface area (Å²) in [5, 5.41) is 3.10. The summed E-state index contributed by atoms with van der Waals surface area (Å²) in [4.78, 5) is 39.5. The zero-order valence-electron chi connectivity index (χ0n) is 17.0. The van der Waals surface area contributed by atoms with E-state index in [2.05, 4.69) is 27.8 Å². The first-order valence-electron chi connectivity index (χ1n) is 9.45. The minimum atomic E-state index is -0.573. The standard InChI is InChI=1S/C20H25N3O5S/c1-5-28-19(25)16-12(2)17(20(26)27-4)29-18(16)21-15(24)11-23-10-9-22-8-6-7-14(22)13(23)3/h6-8,13H,5,9-11H2,1-4H3,(H,21,24)/t13-/m0/s1. The Morgan fingerprint density at radius 1 is 1.28 bits per heavy atom. The molecule has 2 aromatic heterocycles. The first-order valence-corrected chi connectivity index (χ1v) is 10.3. The topological polar surface area (TPSA) is 89.9 Å². The number of fused-ring (bicyclic) bond motifs is 1. The van der Waals surface area contributed by atoms with Crippen molar-refractivity contribution in [2.24, 2.45) is 0 Å². The Bertz CT molecular complexity index is 933. The fraction of sp³-hybridized carbons (Fsp3) is 0.450. The van der Waals surface area contributed by atoms with Crippen LogP contribution in [0.3, 0.4) is 0 Å². The van der Waals surface area contributed by atoms with Crippen molar-refractivity contribution in [2.45, 2.75) is 33.4 Å². The number of carbonyl (C=O) groups excluding carboxylic acids is 3. The van der Waals surface area contributed by atoms with Crippen LogP contribution in [0.15, 0.2) is 18.3 Å². The number of aromatic nitrogens is 1. The molecule has 0 radical (unpaired) electrons. The van der Waals surface area contributed by atoms with Gasteiger partial charge in [-0.15, -0.1) is 11.3 Å². The summed E-state index contributed by atoms with van der Waals surface area (Å²) in [6.07, 6.45) is 2.04. The highest BCUT2D eigenvalue weighted by molar-refractivity contribution is 7.18. The van der Waals surface area contributed by atoms with Gasteiger partial charge in [-0.25, -0.2) is 9.59 Å². The maximum Gasteiger partial charge on any atom is 0.348 e. The molecule has 0 bridgehead atoms. The Labute approximate surface area is 173 Å². The van der Waals surface area contributed by atoms with E-state index in [9.17, 15) is 14.4 Å². The minimum Gasteiger partial charge on any atom is -0.465 e. The molecule has 9 heteroatoms. The summed E-state index contributed by atoms with van der Waals surface area (Å²) < 4.78 is 12.1. The van der Waals surface area contributed by atoms with Crippen molar-refractivity contribution in [3.63, 3.8) is 0 Å². The van der Waals surface area contributed by atoms with Crippen LogP contribution in [0.1, 0.15) is 51.2 Å². The number of nitrogens with one attached hydrogen (secondary N) is 1. The second-order valence-corrected chi connectivity index (χ2v) is 7.81. The van der Waals surface area contributed by atoms with E-state index < -0.39 is 11.9 Å². The lowest BCUT2D eigenvalue weighted by molar-refractivity contribution is -0.118. The van der Waals surface area contributed by atoms with Gasteiger partial charge in [0.1, 0.15) is 9.88 Å². The molecule has 29 heavy (non-hydrogen) atoms. The Morgan fingerprint density at radius 3 is 2.72 bits per heavy atom. The predicted octanol–water partition coefficient (Wildman–Crippen LogP) is 2.84. The van der Waals surface area contributed by atoms with Crippen molar-refractivity contribution in [1.29, 1.82) is 0 Å². The highest BCUT2D eigenvalue weighted by Gasteiger charge is 2.29. The molecule has 0 fully saturated rings. The van der Waals surface area contributed by atoms with Gasteiger partial charge in [-0.3, -0.25) is 9.69 Å². The highest BCUT2D eigenvalue weighted by atomic mass is 32.1. The Morgan fingerprint density at radius 2 is 2.03 bits per heavy atom. The highest BCUT2D eigenvalue weighted by Crippen LogP contribution is 2.34. The molecule has 156 valence electrons. The largest absolute Gasteiger partial charge is 0.465 e. The smallest absolute Gasteiger partial charge is 0.348 e. The molecule has 3 heterocycles. The van der Waals surface area contributed by atoms with Crippen LogP contribution < -0.4 is 5.32 Å². The van der Waals surface area contributed by atoms with E-state index in [0.717, 1.165) is 30.1 Å². The lowest BCUT2D eigenvalue weighted by Crippen LogP contribution is -2.41. The van der Waals surface area contributed by atoms with Gasteiger partial charge in [-0.1, -0.05) is 0 Å². The number of hydrogen-bond acceptors (Lipinski definition) is 7. The fourth-order valence-corrected chi connectivity index (χ4v) is 4.66. The third-order valence-electron chi connectivity index (χ3n) is 5.07. The maximum atomic E-state index is 12.7. The number of amides is 1. The molecule has 1 aliphatic heterocycles. The molecule has 0 aromatic carbocycles. The van der Waals surface area contributed by atoms with Crippen LogP contribution in [0.4, 0.5) is 5.00 Å². The van der Waals surface area contributed by atoms with Crippen molar-refractivity contribution in [2.75, 3.05) is 32.1 Å². The number of methoxy groups -OCH3 is 1. The number of esters is 2. The zero-order valence-corrected chi connectivity index (χ0v) is 17.8. The minimum absolute atomic E-state index is 0.102. The monoisotopic (exact) mass is 419 g/mol. The average Bonchev–Trinajstić information content (AvgIpc) is 3.28. The van der Waals surface area contributed by atoms with E-state index in [-0.39, 0.29) is 35.5 Å². The van der Waals surface area contributed by atoms with Crippen LogP contribution >= 0.6 is 11.3 Å². The molecule has 0 spiro atoms. The van der Waals surface area contributed by atoms with Crippen molar-refractivity contribution < 1.29 is 23.9 Å². The number of carbonyl (C=O) groups is 3. The van der Waals surface area contributed by atoms with Crippen molar-refractivity contribution in [3.05, 3.63) is 40.0 Å². The number of hydrogen-bond donors (Lipinski definition) is 1. The molecule has 0 unspecified atom stereocenters. The number of rotatable bonds is 6. The van der Waals surface area contributed by atoms with Crippen molar-refractivity contribution >= 4 is 34.2 Å². The van der Waals surface area contributed by atoms with Crippen LogP contribution in [-0.4, -0.2) is 54.1 Å². The molecule has 1 amide bonds. The lowest BCUT2D eigenvalue weighted by atomic mass is 10.1. The Balaban J connectivity index is 1.79. The summed E-state index contributed by atoms with van der Waals surface area (Å²) in [6.45, 7) is 7.35. The van der Waals surface area contributed by atoms with Gasteiger partial charge in [0.25, 0.3) is 0 Å². The van der Waals surface area contributed by atoms with E-state index in [0.29, 0.717) is 10.6 Å². The summed E-state index contributed by atoms with van der Waals surface area (Å²) in [6, 6.07) is 4.16. The van der Waals surface area contributed by atoms with Gasteiger partial charge in [-0.05, 0) is 38.5 Å². The molecule has 3 rings (SSSR count). The molecule has 1 atom stereocenters. The molecule has 0 saturated heterocycles. The number of thiophene rings is 1. The van der Waals surface area contributed by atoms with E-state index in [4.69, 9.17) is 9.47 Å². The van der Waals surface area contributed by atoms with Crippen LogP contribution in [-0.2, 0) is 20.8 Å². The van der Waals surface area contributed by atoms with E-state index >= 15 is 0 Å². The number of nitrogens with zero attached hydrogens (tertiary/aromatic N) is 2. The molecule has 1 N–H and O–H groups in total. The fourth-order valence-electron chi connectivity index (χ4n) is 3.53. The lowest BCUT2D eigenvalue weighted by Gasteiger charge is -2.34. The van der Waals surface area contributed by atoms with Crippen molar-refractivity contribution in [3.8, 4) is 0 Å². The van der Waals surface area contributed by atoms with Crippen molar-refractivity contribution in [1.82, 2.24) is 9.47 Å². The molecular weight excluding hydrogens is 394 g/mol. The predicted molar refractivity (Wildman–Crippen MR) is 109 cm³/mol. The summed E-state index contributed by atoms with van der Waals surface area (Å²) in [5.74, 6) is -1.38. The summed E-state index contributed by atoms with van der Waals surface area (Å²) in [7, 11) is 1.28. The van der Waals surface area contributed by atoms with E-state index in [1.807, 2.05) is 12.3 Å². The summed E-state index contributed by atoms with van der Waals surface area (Å²) >= 11 is 1.02. The van der Waals surface area contributed by atoms with Gasteiger partial charge in [0.15, 0.2) is 0 Å². The van der Waals surface area contributed by atoms with Gasteiger partial charge in [0.05, 0.1) is 25.8 Å². The Hall–Kier alpha value is -2.65. The third-order valence-corrected chi connectivity index (χ3v) is 6.25. The van der Waals surface area contributed by atoms with Crippen LogP contribution in [0.2, 0.25) is 0 Å². The second kappa shape index (κ2) is 8.79. The molecule has 1 aliphatic rings. The van der Waals surface area contributed by atoms with Gasteiger partial charge in [0.2, 0.25) is 5.91 Å². The van der Waals surface area contributed by atoms with Crippen LogP contribution in [0, 0.1) is 6.92 Å². The Kier molecular flexibility index (Phi) is 6.39. The quantitative estimate of drug-likeness (QED) is 0.724. The van der Waals surface area contributed by atoms with Gasteiger partial charge in [0, 0.05) is 31.0 Å². The first kappa shape index (κ1) is 21.1. The number of ether oxygens (including phenoxy) is 2. The molecular formula is C20H25N3O5S. The van der Waals surface area contributed by atoms with Crippen LogP contribution in [0.25, 0.3) is 0 Å².